The van der Waals surface area contributed by atoms with E-state index in [4.69, 9.17) is 9.47 Å². The summed E-state index contributed by atoms with van der Waals surface area (Å²) >= 11 is 0. The number of hydrogen-bond acceptors (Lipinski definition) is 3. The van der Waals surface area contributed by atoms with Gasteiger partial charge in [-0.05, 0) is 25.2 Å². The first-order chi connectivity index (χ1) is 6.47. The molecule has 0 aromatic carbocycles. The standard InChI is InChI=1S/C10H19NO2.ClH/c1-5-12-6-2-9(1)10-3-7-13-8-4-11-10;/h9-11H,1-8H2;1H. The van der Waals surface area contributed by atoms with Gasteiger partial charge in [0.2, 0.25) is 0 Å². The Morgan fingerprint density at radius 2 is 1.50 bits per heavy atom. The Labute approximate surface area is 91.9 Å². The van der Waals surface area contributed by atoms with Crippen molar-refractivity contribution in [2.45, 2.75) is 25.3 Å². The van der Waals surface area contributed by atoms with Gasteiger partial charge in [0.15, 0.2) is 0 Å². The van der Waals surface area contributed by atoms with Crippen LogP contribution < -0.4 is 5.32 Å². The highest BCUT2D eigenvalue weighted by Gasteiger charge is 2.24. The Morgan fingerprint density at radius 1 is 0.857 bits per heavy atom. The fourth-order valence-electron chi connectivity index (χ4n) is 2.25. The second kappa shape index (κ2) is 6.62. The Hall–Kier alpha value is 0.170. The number of nitrogens with one attached hydrogen (secondary N) is 1. The van der Waals surface area contributed by atoms with E-state index in [0.717, 1.165) is 38.9 Å². The van der Waals surface area contributed by atoms with Crippen molar-refractivity contribution in [3.05, 3.63) is 0 Å². The van der Waals surface area contributed by atoms with Crippen molar-refractivity contribution in [2.75, 3.05) is 33.0 Å². The average Bonchev–Trinajstić information content (AvgIpc) is 2.47. The molecule has 0 spiro atoms. The summed E-state index contributed by atoms with van der Waals surface area (Å²) in [5.74, 6) is 0.815. The molecule has 1 N–H and O–H groups in total. The molecule has 2 fully saturated rings. The van der Waals surface area contributed by atoms with Crippen LogP contribution in [0.4, 0.5) is 0 Å². The van der Waals surface area contributed by atoms with Crippen molar-refractivity contribution in [3.63, 3.8) is 0 Å². The molecule has 0 radical (unpaired) electrons. The maximum Gasteiger partial charge on any atom is 0.0591 e. The smallest absolute Gasteiger partial charge is 0.0591 e. The van der Waals surface area contributed by atoms with Gasteiger partial charge in [-0.25, -0.2) is 0 Å². The van der Waals surface area contributed by atoms with Crippen LogP contribution in [-0.4, -0.2) is 39.0 Å². The van der Waals surface area contributed by atoms with Gasteiger partial charge in [-0.2, -0.15) is 0 Å². The molecule has 2 aliphatic heterocycles. The molecule has 84 valence electrons. The molecule has 1 atom stereocenters. The normalized spacial score (nSPS) is 30.4. The zero-order chi connectivity index (χ0) is 8.93. The molecule has 2 saturated heterocycles. The fraction of sp³-hybridized carbons (Fsp3) is 1.00. The molecule has 0 aromatic heterocycles. The minimum atomic E-state index is 0. The van der Waals surface area contributed by atoms with Gasteiger partial charge in [0, 0.05) is 32.4 Å². The van der Waals surface area contributed by atoms with Gasteiger partial charge in [-0.1, -0.05) is 0 Å². The molecule has 2 aliphatic rings. The van der Waals surface area contributed by atoms with Crippen LogP contribution in [-0.2, 0) is 9.47 Å². The maximum atomic E-state index is 5.42. The molecule has 0 amide bonds. The van der Waals surface area contributed by atoms with Crippen molar-refractivity contribution >= 4 is 12.4 Å². The fourth-order valence-corrected chi connectivity index (χ4v) is 2.25. The third kappa shape index (κ3) is 3.39. The summed E-state index contributed by atoms with van der Waals surface area (Å²) < 4.78 is 10.8. The highest BCUT2D eigenvalue weighted by molar-refractivity contribution is 5.85. The van der Waals surface area contributed by atoms with Crippen LogP contribution in [0.3, 0.4) is 0 Å². The Bertz CT molecular complexity index is 143. The van der Waals surface area contributed by atoms with Crippen LogP contribution in [0.5, 0.6) is 0 Å². The molecular formula is C10H20ClNO2. The van der Waals surface area contributed by atoms with E-state index in [1.165, 1.54) is 19.3 Å². The molecule has 0 aliphatic carbocycles. The number of hydrogen-bond donors (Lipinski definition) is 1. The zero-order valence-electron chi connectivity index (χ0n) is 8.54. The first kappa shape index (κ1) is 12.2. The summed E-state index contributed by atoms with van der Waals surface area (Å²) in [4.78, 5) is 0. The van der Waals surface area contributed by atoms with E-state index < -0.39 is 0 Å². The van der Waals surface area contributed by atoms with E-state index in [9.17, 15) is 0 Å². The third-order valence-electron chi connectivity index (χ3n) is 3.06. The molecular weight excluding hydrogens is 202 g/mol. The van der Waals surface area contributed by atoms with Crippen molar-refractivity contribution in [2.24, 2.45) is 5.92 Å². The van der Waals surface area contributed by atoms with Gasteiger partial charge in [-0.15, -0.1) is 12.4 Å². The van der Waals surface area contributed by atoms with Gasteiger partial charge in [0.25, 0.3) is 0 Å². The first-order valence-electron chi connectivity index (χ1n) is 5.36. The minimum Gasteiger partial charge on any atom is -0.381 e. The van der Waals surface area contributed by atoms with Crippen LogP contribution in [0.1, 0.15) is 19.3 Å². The Kier molecular flexibility index (Phi) is 5.78. The van der Waals surface area contributed by atoms with Crippen molar-refractivity contribution < 1.29 is 9.47 Å². The SMILES string of the molecule is C1COCCC(C2CCOCC2)N1.Cl. The summed E-state index contributed by atoms with van der Waals surface area (Å²) in [6.45, 7) is 4.71. The van der Waals surface area contributed by atoms with Crippen LogP contribution in [0.15, 0.2) is 0 Å². The second-order valence-electron chi connectivity index (χ2n) is 3.91. The number of ether oxygens (including phenoxy) is 2. The molecule has 1 unspecified atom stereocenters. The van der Waals surface area contributed by atoms with E-state index in [1.54, 1.807) is 0 Å². The van der Waals surface area contributed by atoms with Crippen LogP contribution in [0, 0.1) is 5.92 Å². The molecule has 2 heterocycles. The highest BCUT2D eigenvalue weighted by atomic mass is 35.5. The lowest BCUT2D eigenvalue weighted by molar-refractivity contribution is 0.0521. The summed E-state index contributed by atoms with van der Waals surface area (Å²) in [5.41, 5.74) is 0. The topological polar surface area (TPSA) is 30.5 Å². The second-order valence-corrected chi connectivity index (χ2v) is 3.91. The minimum absolute atomic E-state index is 0. The van der Waals surface area contributed by atoms with Crippen LogP contribution in [0.2, 0.25) is 0 Å². The summed E-state index contributed by atoms with van der Waals surface area (Å²) in [7, 11) is 0. The van der Waals surface area contributed by atoms with E-state index in [0.29, 0.717) is 6.04 Å². The zero-order valence-corrected chi connectivity index (χ0v) is 9.35. The van der Waals surface area contributed by atoms with Crippen LogP contribution >= 0.6 is 12.4 Å². The monoisotopic (exact) mass is 221 g/mol. The van der Waals surface area contributed by atoms with Crippen molar-refractivity contribution in [3.8, 4) is 0 Å². The third-order valence-corrected chi connectivity index (χ3v) is 3.06. The largest absolute Gasteiger partial charge is 0.381 e. The molecule has 0 bridgehead atoms. The first-order valence-corrected chi connectivity index (χ1v) is 5.36. The van der Waals surface area contributed by atoms with Gasteiger partial charge in [-0.3, -0.25) is 0 Å². The predicted octanol–water partition coefficient (Wildman–Crippen LogP) is 1.21. The maximum absolute atomic E-state index is 5.42. The predicted molar refractivity (Wildman–Crippen MR) is 58.0 cm³/mol. The van der Waals surface area contributed by atoms with Gasteiger partial charge >= 0.3 is 0 Å². The van der Waals surface area contributed by atoms with Gasteiger partial charge in [0.05, 0.1) is 6.61 Å². The average molecular weight is 222 g/mol. The summed E-state index contributed by atoms with van der Waals surface area (Å²) in [6.07, 6.45) is 3.61. The molecule has 14 heavy (non-hydrogen) atoms. The highest BCUT2D eigenvalue weighted by Crippen LogP contribution is 2.21. The number of rotatable bonds is 1. The molecule has 0 aromatic rings. The lowest BCUT2D eigenvalue weighted by Crippen LogP contribution is -2.39. The van der Waals surface area contributed by atoms with Gasteiger partial charge in [0.1, 0.15) is 0 Å². The van der Waals surface area contributed by atoms with E-state index in [2.05, 4.69) is 5.32 Å². The lowest BCUT2D eigenvalue weighted by Gasteiger charge is -2.29. The molecule has 3 nitrogen and oxygen atoms in total. The molecule has 2 rings (SSSR count). The van der Waals surface area contributed by atoms with E-state index in [1.807, 2.05) is 0 Å². The summed E-state index contributed by atoms with van der Waals surface area (Å²) in [5, 5.41) is 3.57. The Balaban J connectivity index is 0.000000980. The number of halogens is 1. The van der Waals surface area contributed by atoms with Crippen molar-refractivity contribution in [1.29, 1.82) is 0 Å². The molecule has 0 saturated carbocycles. The molecule has 4 heteroatoms. The van der Waals surface area contributed by atoms with E-state index in [-0.39, 0.29) is 12.4 Å². The lowest BCUT2D eigenvalue weighted by atomic mass is 9.90. The van der Waals surface area contributed by atoms with Crippen LogP contribution in [0.25, 0.3) is 0 Å². The summed E-state index contributed by atoms with van der Waals surface area (Å²) in [6, 6.07) is 0.673. The Morgan fingerprint density at radius 3 is 2.29 bits per heavy atom. The van der Waals surface area contributed by atoms with Gasteiger partial charge < -0.3 is 14.8 Å². The van der Waals surface area contributed by atoms with Crippen molar-refractivity contribution in [1.82, 2.24) is 5.32 Å². The quantitative estimate of drug-likeness (QED) is 0.722. The van der Waals surface area contributed by atoms with E-state index >= 15 is 0 Å².